The lowest BCUT2D eigenvalue weighted by Crippen LogP contribution is -2.11. The van der Waals surface area contributed by atoms with Crippen molar-refractivity contribution in [2.45, 2.75) is 78.6 Å². The molecule has 1 N–H and O–H groups in total. The summed E-state index contributed by atoms with van der Waals surface area (Å²) >= 11 is 0. The highest BCUT2D eigenvalue weighted by Crippen LogP contribution is 2.21. The number of rotatable bonds is 0. The lowest BCUT2D eigenvalue weighted by Gasteiger charge is -2.17. The Hall–Kier alpha value is -2.56. The summed E-state index contributed by atoms with van der Waals surface area (Å²) in [5, 5.41) is 6.65. The van der Waals surface area contributed by atoms with Gasteiger partial charge in [-0.1, -0.05) is 62.3 Å². The van der Waals surface area contributed by atoms with Crippen LogP contribution in [0.3, 0.4) is 0 Å². The van der Waals surface area contributed by atoms with E-state index in [9.17, 15) is 0 Å². The molecule has 29 heavy (non-hydrogen) atoms. The minimum atomic E-state index is 0.168. The molecule has 0 saturated carbocycles. The van der Waals surface area contributed by atoms with Gasteiger partial charge in [0.25, 0.3) is 0 Å². The van der Waals surface area contributed by atoms with Crippen LogP contribution in [0.2, 0.25) is 0 Å². The summed E-state index contributed by atoms with van der Waals surface area (Å²) in [6, 6.07) is 4.11. The van der Waals surface area contributed by atoms with Crippen molar-refractivity contribution in [3.05, 3.63) is 72.3 Å². The molecule has 3 rings (SSSR count). The van der Waals surface area contributed by atoms with E-state index >= 15 is 0 Å². The zero-order chi connectivity index (χ0) is 22.1. The van der Waals surface area contributed by atoms with E-state index in [-0.39, 0.29) is 16.2 Å². The first kappa shape index (κ1) is 24.5. The molecule has 0 spiro atoms. The quantitative estimate of drug-likeness (QED) is 0.517. The van der Waals surface area contributed by atoms with Gasteiger partial charge in [0.05, 0.1) is 6.20 Å². The fraction of sp³-hybridized carbons (Fsp3) is 0.500. The second kappa shape index (κ2) is 10.3. The van der Waals surface area contributed by atoms with Crippen LogP contribution in [0, 0.1) is 0 Å². The predicted molar refractivity (Wildman–Crippen MR) is 121 cm³/mol. The third-order valence-electron chi connectivity index (χ3n) is 4.34. The molecule has 3 aromatic heterocycles. The standard InChI is InChI=1S/C9H13N.C8H12N2.C7H12N2/c1-9(2,3)8-4-6-10-7-5-8;1-8(2,3)7-4-9-6-10-5-7;1-7(2,3)6-4-8-9-5-6/h4-7H,1-3H3;4-6H,1-3H3;4-5H,1-3H3,(H,8,9). The Morgan fingerprint density at radius 1 is 0.586 bits per heavy atom. The molecule has 3 aromatic rings. The molecule has 0 amide bonds. The van der Waals surface area contributed by atoms with Gasteiger partial charge in [-0.2, -0.15) is 5.10 Å². The number of hydrogen-bond acceptors (Lipinski definition) is 4. The minimum absolute atomic E-state index is 0.168. The van der Waals surface area contributed by atoms with Crippen molar-refractivity contribution in [3.63, 3.8) is 0 Å². The average molecular weight is 396 g/mol. The highest BCUT2D eigenvalue weighted by atomic mass is 15.1. The van der Waals surface area contributed by atoms with E-state index in [1.54, 1.807) is 6.33 Å². The fourth-order valence-electron chi connectivity index (χ4n) is 2.20. The van der Waals surface area contributed by atoms with E-state index < -0.39 is 0 Å². The van der Waals surface area contributed by atoms with Crippen molar-refractivity contribution in [3.8, 4) is 0 Å². The maximum Gasteiger partial charge on any atom is 0.115 e. The molecule has 0 unspecified atom stereocenters. The second-order valence-electron chi connectivity index (χ2n) is 10.1. The molecule has 5 heteroatoms. The number of aromatic amines is 1. The molecule has 5 nitrogen and oxygen atoms in total. The zero-order valence-electron chi connectivity index (χ0n) is 19.5. The molecule has 0 atom stereocenters. The van der Waals surface area contributed by atoms with Gasteiger partial charge in [-0.05, 0) is 45.1 Å². The van der Waals surface area contributed by atoms with Crippen LogP contribution in [0.1, 0.15) is 79.0 Å². The summed E-state index contributed by atoms with van der Waals surface area (Å²) < 4.78 is 0. The van der Waals surface area contributed by atoms with Gasteiger partial charge in [0.1, 0.15) is 6.33 Å². The van der Waals surface area contributed by atoms with Gasteiger partial charge in [0.2, 0.25) is 0 Å². The lowest BCUT2D eigenvalue weighted by atomic mass is 9.88. The smallest absolute Gasteiger partial charge is 0.115 e. The predicted octanol–water partition coefficient (Wildman–Crippen LogP) is 5.86. The maximum atomic E-state index is 3.96. The molecule has 0 radical (unpaired) electrons. The Balaban J connectivity index is 0.000000218. The highest BCUT2D eigenvalue weighted by molar-refractivity contribution is 5.18. The largest absolute Gasteiger partial charge is 0.285 e. The number of nitrogens with zero attached hydrogens (tertiary/aromatic N) is 4. The zero-order valence-corrected chi connectivity index (χ0v) is 19.5. The Kier molecular flexibility index (Phi) is 8.68. The molecule has 158 valence electrons. The second-order valence-corrected chi connectivity index (χ2v) is 10.1. The van der Waals surface area contributed by atoms with Crippen LogP contribution >= 0.6 is 0 Å². The number of H-pyrrole nitrogens is 1. The number of aromatic nitrogens is 5. The van der Waals surface area contributed by atoms with E-state index in [1.165, 1.54) is 16.7 Å². The molecule has 0 fully saturated rings. The first-order chi connectivity index (χ1) is 13.3. The summed E-state index contributed by atoms with van der Waals surface area (Å²) in [5.41, 5.74) is 4.41. The van der Waals surface area contributed by atoms with Crippen molar-refractivity contribution in [2.75, 3.05) is 0 Å². The Morgan fingerprint density at radius 3 is 1.34 bits per heavy atom. The summed E-state index contributed by atoms with van der Waals surface area (Å²) in [6.45, 7) is 19.5. The SMILES string of the molecule is CC(C)(C)c1ccncc1.CC(C)(C)c1cn[nH]c1.CC(C)(C)c1cncnc1. The molecule has 3 heterocycles. The normalized spacial score (nSPS) is 11.6. The van der Waals surface area contributed by atoms with Crippen molar-refractivity contribution in [1.82, 2.24) is 25.1 Å². The van der Waals surface area contributed by atoms with Crippen LogP contribution in [0.25, 0.3) is 0 Å². The van der Waals surface area contributed by atoms with Crippen molar-refractivity contribution in [2.24, 2.45) is 0 Å². The molecule has 0 saturated heterocycles. The minimum Gasteiger partial charge on any atom is -0.285 e. The summed E-state index contributed by atoms with van der Waals surface area (Å²) in [4.78, 5) is 11.8. The van der Waals surface area contributed by atoms with E-state index in [0.717, 1.165) is 0 Å². The summed E-state index contributed by atoms with van der Waals surface area (Å²) in [6.07, 6.45) is 12.7. The van der Waals surface area contributed by atoms with Gasteiger partial charge >= 0.3 is 0 Å². The number of hydrogen-bond donors (Lipinski definition) is 1. The molecular weight excluding hydrogens is 358 g/mol. The van der Waals surface area contributed by atoms with Crippen LogP contribution in [0.5, 0.6) is 0 Å². The maximum absolute atomic E-state index is 3.96. The Labute approximate surface area is 176 Å². The van der Waals surface area contributed by atoms with Crippen LogP contribution in [0.4, 0.5) is 0 Å². The van der Waals surface area contributed by atoms with Gasteiger partial charge in [0, 0.05) is 31.0 Å². The van der Waals surface area contributed by atoms with Crippen LogP contribution in [0.15, 0.2) is 55.6 Å². The summed E-state index contributed by atoms with van der Waals surface area (Å²) in [7, 11) is 0. The van der Waals surface area contributed by atoms with Gasteiger partial charge in [-0.3, -0.25) is 10.1 Å². The third-order valence-corrected chi connectivity index (χ3v) is 4.34. The van der Waals surface area contributed by atoms with Gasteiger partial charge < -0.3 is 0 Å². The third kappa shape index (κ3) is 9.46. The van der Waals surface area contributed by atoms with E-state index in [4.69, 9.17) is 0 Å². The fourth-order valence-corrected chi connectivity index (χ4v) is 2.20. The molecule has 0 aliphatic carbocycles. The van der Waals surface area contributed by atoms with Crippen LogP contribution < -0.4 is 0 Å². The first-order valence-corrected chi connectivity index (χ1v) is 9.97. The van der Waals surface area contributed by atoms with E-state index in [2.05, 4.69) is 99.6 Å². The number of nitrogens with one attached hydrogen (secondary N) is 1. The van der Waals surface area contributed by atoms with Gasteiger partial charge in [0.15, 0.2) is 0 Å². The monoisotopic (exact) mass is 395 g/mol. The molecule has 0 bridgehead atoms. The average Bonchev–Trinajstić information content (AvgIpc) is 3.18. The Morgan fingerprint density at radius 2 is 1.07 bits per heavy atom. The molecule has 0 aromatic carbocycles. The first-order valence-electron chi connectivity index (χ1n) is 9.97. The topological polar surface area (TPSA) is 67.3 Å². The van der Waals surface area contributed by atoms with E-state index in [0.29, 0.717) is 0 Å². The van der Waals surface area contributed by atoms with Crippen molar-refractivity contribution >= 4 is 0 Å². The highest BCUT2D eigenvalue weighted by Gasteiger charge is 2.14. The molecular formula is C24H37N5. The molecule has 0 aliphatic rings. The Bertz CT molecular complexity index is 741. The lowest BCUT2D eigenvalue weighted by molar-refractivity contribution is 0.584. The van der Waals surface area contributed by atoms with Gasteiger partial charge in [-0.25, -0.2) is 9.97 Å². The van der Waals surface area contributed by atoms with Crippen molar-refractivity contribution < 1.29 is 0 Å². The molecule has 0 aliphatic heterocycles. The van der Waals surface area contributed by atoms with Gasteiger partial charge in [-0.15, -0.1) is 0 Å². The number of pyridine rings is 1. The summed E-state index contributed by atoms with van der Waals surface area (Å²) in [5.74, 6) is 0. The van der Waals surface area contributed by atoms with Crippen molar-refractivity contribution in [1.29, 1.82) is 0 Å². The van der Waals surface area contributed by atoms with Crippen LogP contribution in [-0.2, 0) is 16.2 Å². The van der Waals surface area contributed by atoms with Crippen LogP contribution in [-0.4, -0.2) is 25.1 Å². The van der Waals surface area contributed by atoms with E-state index in [1.807, 2.05) is 37.2 Å².